The van der Waals surface area contributed by atoms with Crippen LogP contribution in [0.1, 0.15) is 63.5 Å². The molecule has 1 N–H and O–H groups in total. The van der Waals surface area contributed by atoms with Crippen molar-refractivity contribution < 1.29 is 23.4 Å². The van der Waals surface area contributed by atoms with E-state index >= 15 is 0 Å². The number of hydrogen-bond donors (Lipinski definition) is 1. The third-order valence-corrected chi connectivity index (χ3v) is 6.89. The second kappa shape index (κ2) is 9.11. The topological polar surface area (TPSA) is 49.8 Å². The molecule has 0 bridgehead atoms. The van der Waals surface area contributed by atoms with Crippen LogP contribution in [-0.2, 0) is 4.79 Å². The van der Waals surface area contributed by atoms with Gasteiger partial charge in [-0.3, -0.25) is 9.69 Å². The minimum absolute atomic E-state index is 0.100. The first-order valence-corrected chi connectivity index (χ1v) is 11.4. The fourth-order valence-electron chi connectivity index (χ4n) is 5.01. The van der Waals surface area contributed by atoms with E-state index in [0.717, 1.165) is 36.0 Å². The molecular formula is C25H31F2NO3. The van der Waals surface area contributed by atoms with Gasteiger partial charge in [0.1, 0.15) is 5.75 Å². The number of hydrogen-bond acceptors (Lipinski definition) is 3. The Kier molecular flexibility index (Phi) is 6.47. The summed E-state index contributed by atoms with van der Waals surface area (Å²) in [5, 5.41) is 11.4. The summed E-state index contributed by atoms with van der Waals surface area (Å²) >= 11 is 0. The maximum absolute atomic E-state index is 13.4. The molecule has 6 heteroatoms. The van der Waals surface area contributed by atoms with Crippen molar-refractivity contribution >= 4 is 16.7 Å². The zero-order valence-corrected chi connectivity index (χ0v) is 18.0. The Balaban J connectivity index is 1.44. The van der Waals surface area contributed by atoms with Crippen molar-refractivity contribution in [1.29, 1.82) is 0 Å². The van der Waals surface area contributed by atoms with Crippen molar-refractivity contribution in [2.24, 2.45) is 5.92 Å². The molecule has 0 spiro atoms. The summed E-state index contributed by atoms with van der Waals surface area (Å²) in [5.41, 5.74) is 1.24. The van der Waals surface area contributed by atoms with Gasteiger partial charge >= 0.3 is 5.97 Å². The lowest BCUT2D eigenvalue weighted by molar-refractivity contribution is -0.143. The van der Waals surface area contributed by atoms with Gasteiger partial charge in [0.05, 0.1) is 12.0 Å². The van der Waals surface area contributed by atoms with Crippen molar-refractivity contribution in [1.82, 2.24) is 4.90 Å². The van der Waals surface area contributed by atoms with E-state index < -0.39 is 11.9 Å². The lowest BCUT2D eigenvalue weighted by Crippen LogP contribution is -2.38. The van der Waals surface area contributed by atoms with Crippen LogP contribution in [0, 0.1) is 5.92 Å². The summed E-state index contributed by atoms with van der Waals surface area (Å²) < 4.78 is 32.7. The first kappa shape index (κ1) is 22.0. The fourth-order valence-corrected chi connectivity index (χ4v) is 5.01. The Bertz CT molecular complexity index is 914. The van der Waals surface area contributed by atoms with Crippen molar-refractivity contribution in [2.45, 2.75) is 69.9 Å². The van der Waals surface area contributed by atoms with Crippen molar-refractivity contribution in [2.75, 3.05) is 13.1 Å². The molecule has 31 heavy (non-hydrogen) atoms. The molecule has 2 aromatic carbocycles. The van der Waals surface area contributed by atoms with E-state index in [9.17, 15) is 18.7 Å². The SMILES string of the molecule is CCC(c1ccc2cc(OC3CCC(F)(F)CC3)ccc2c1)N1CCC(C(=O)O)CC1. The molecule has 1 aliphatic heterocycles. The normalized spacial score (nSPS) is 21.8. The van der Waals surface area contributed by atoms with Gasteiger partial charge in [-0.1, -0.05) is 25.1 Å². The largest absolute Gasteiger partial charge is 0.490 e. The highest BCUT2D eigenvalue weighted by Crippen LogP contribution is 2.36. The second-order valence-electron chi connectivity index (χ2n) is 9.01. The minimum Gasteiger partial charge on any atom is -0.490 e. The Morgan fingerprint density at radius 2 is 1.74 bits per heavy atom. The highest BCUT2D eigenvalue weighted by molar-refractivity contribution is 5.84. The zero-order valence-electron chi connectivity index (χ0n) is 18.0. The Hall–Kier alpha value is -2.21. The molecule has 1 atom stereocenters. The predicted molar refractivity (Wildman–Crippen MR) is 117 cm³/mol. The van der Waals surface area contributed by atoms with Gasteiger partial charge in [0.2, 0.25) is 5.92 Å². The highest BCUT2D eigenvalue weighted by Gasteiger charge is 2.35. The third kappa shape index (κ3) is 5.17. The number of carboxylic acid groups (broad SMARTS) is 1. The van der Waals surface area contributed by atoms with E-state index in [0.29, 0.717) is 25.7 Å². The third-order valence-electron chi connectivity index (χ3n) is 6.89. The van der Waals surface area contributed by atoms with Gasteiger partial charge in [-0.2, -0.15) is 0 Å². The summed E-state index contributed by atoms with van der Waals surface area (Å²) in [4.78, 5) is 13.6. The van der Waals surface area contributed by atoms with Gasteiger partial charge in [0, 0.05) is 18.9 Å². The number of piperidine rings is 1. The summed E-state index contributed by atoms with van der Waals surface area (Å²) in [6, 6.07) is 12.7. The average molecular weight is 432 g/mol. The van der Waals surface area contributed by atoms with Crippen LogP contribution in [0.25, 0.3) is 10.8 Å². The number of benzene rings is 2. The molecule has 1 heterocycles. The molecule has 1 aliphatic carbocycles. The molecule has 4 rings (SSSR count). The van der Waals surface area contributed by atoms with Crippen LogP contribution < -0.4 is 4.74 Å². The van der Waals surface area contributed by atoms with Gasteiger partial charge in [-0.15, -0.1) is 0 Å². The Morgan fingerprint density at radius 1 is 1.10 bits per heavy atom. The number of alkyl halides is 2. The van der Waals surface area contributed by atoms with Crippen LogP contribution in [0.15, 0.2) is 36.4 Å². The molecule has 1 unspecified atom stereocenters. The summed E-state index contributed by atoms with van der Waals surface area (Å²) in [7, 11) is 0. The van der Waals surface area contributed by atoms with Gasteiger partial charge < -0.3 is 9.84 Å². The van der Waals surface area contributed by atoms with Crippen LogP contribution in [0.2, 0.25) is 0 Å². The molecule has 0 radical (unpaired) electrons. The van der Waals surface area contributed by atoms with Crippen molar-refractivity contribution in [3.63, 3.8) is 0 Å². The molecule has 1 saturated heterocycles. The number of aliphatic carboxylic acids is 1. The summed E-state index contributed by atoms with van der Waals surface area (Å²) in [6.45, 7) is 3.78. The van der Waals surface area contributed by atoms with Gasteiger partial charge in [0.15, 0.2) is 0 Å². The quantitative estimate of drug-likeness (QED) is 0.605. The minimum atomic E-state index is -2.54. The van der Waals surface area contributed by atoms with E-state index in [4.69, 9.17) is 4.74 Å². The fraction of sp³-hybridized carbons (Fsp3) is 0.560. The number of carboxylic acids is 1. The summed E-state index contributed by atoms with van der Waals surface area (Å²) in [6.07, 6.45) is 2.81. The molecule has 2 aliphatic rings. The van der Waals surface area contributed by atoms with E-state index in [2.05, 4.69) is 30.0 Å². The lowest BCUT2D eigenvalue weighted by atomic mass is 9.92. The number of nitrogens with zero attached hydrogens (tertiary/aromatic N) is 1. The number of likely N-dealkylation sites (tertiary alicyclic amines) is 1. The van der Waals surface area contributed by atoms with Crippen LogP contribution >= 0.6 is 0 Å². The van der Waals surface area contributed by atoms with E-state index in [1.165, 1.54) is 5.56 Å². The molecule has 1 saturated carbocycles. The van der Waals surface area contributed by atoms with E-state index in [1.54, 1.807) is 0 Å². The first-order chi connectivity index (χ1) is 14.8. The Labute approximate surface area is 182 Å². The van der Waals surface area contributed by atoms with E-state index in [-0.39, 0.29) is 30.9 Å². The van der Waals surface area contributed by atoms with Crippen molar-refractivity contribution in [3.8, 4) is 5.75 Å². The molecule has 2 aromatic rings. The van der Waals surface area contributed by atoms with Gasteiger partial charge in [-0.05, 0) is 79.7 Å². The number of ether oxygens (including phenoxy) is 1. The lowest BCUT2D eigenvalue weighted by Gasteiger charge is -2.36. The monoisotopic (exact) mass is 431 g/mol. The molecular weight excluding hydrogens is 400 g/mol. The molecule has 4 nitrogen and oxygen atoms in total. The number of rotatable bonds is 6. The van der Waals surface area contributed by atoms with Crippen molar-refractivity contribution in [3.05, 3.63) is 42.0 Å². The Morgan fingerprint density at radius 3 is 2.39 bits per heavy atom. The second-order valence-corrected chi connectivity index (χ2v) is 9.01. The maximum atomic E-state index is 13.4. The molecule has 0 amide bonds. The van der Waals surface area contributed by atoms with Crippen LogP contribution in [0.3, 0.4) is 0 Å². The average Bonchev–Trinajstić information content (AvgIpc) is 2.76. The highest BCUT2D eigenvalue weighted by atomic mass is 19.3. The molecule has 168 valence electrons. The number of carbonyl (C=O) groups is 1. The maximum Gasteiger partial charge on any atom is 0.306 e. The van der Waals surface area contributed by atoms with Gasteiger partial charge in [0.25, 0.3) is 0 Å². The smallest absolute Gasteiger partial charge is 0.306 e. The number of halogens is 2. The van der Waals surface area contributed by atoms with Gasteiger partial charge in [-0.25, -0.2) is 8.78 Å². The summed E-state index contributed by atoms with van der Waals surface area (Å²) in [5.74, 6) is -2.71. The van der Waals surface area contributed by atoms with Crippen LogP contribution in [0.4, 0.5) is 8.78 Å². The zero-order chi connectivity index (χ0) is 22.0. The molecule has 2 fully saturated rings. The van der Waals surface area contributed by atoms with Crippen LogP contribution in [0.5, 0.6) is 5.75 Å². The van der Waals surface area contributed by atoms with E-state index in [1.807, 2.05) is 18.2 Å². The van der Waals surface area contributed by atoms with Crippen LogP contribution in [-0.4, -0.2) is 41.1 Å². The predicted octanol–water partition coefficient (Wildman–Crippen LogP) is 6.04. The number of fused-ring (bicyclic) bond motifs is 1. The standard InChI is InChI=1S/C25H31F2NO3/c1-2-23(28-13-9-17(10-14-28)24(29)30)20-4-3-19-16-22(6-5-18(19)15-20)31-21-7-11-25(26,27)12-8-21/h3-6,15-17,21,23H,2,7-14H2,1H3,(H,29,30). The first-order valence-electron chi connectivity index (χ1n) is 11.4. The molecule has 0 aromatic heterocycles.